The minimum Gasteiger partial charge on any atom is -0.396 e. The normalized spacial score (nSPS) is 20.2. The lowest BCUT2D eigenvalue weighted by Gasteiger charge is -2.30. The van der Waals surface area contributed by atoms with Crippen molar-refractivity contribution in [3.05, 3.63) is 41.6 Å². The molecule has 0 spiro atoms. The Balaban J connectivity index is 1.47. The highest BCUT2D eigenvalue weighted by atomic mass is 16.3. The van der Waals surface area contributed by atoms with Crippen LogP contribution >= 0.6 is 0 Å². The number of hydrogen-bond acceptors (Lipinski definition) is 3. The summed E-state index contributed by atoms with van der Waals surface area (Å²) in [6.07, 6.45) is 11.2. The van der Waals surface area contributed by atoms with Crippen LogP contribution in [0.15, 0.2) is 30.5 Å². The highest BCUT2D eigenvalue weighted by Gasteiger charge is 2.21. The molecule has 0 atom stereocenters. The van der Waals surface area contributed by atoms with Gasteiger partial charge in [-0.05, 0) is 56.2 Å². The average molecular weight is 368 g/mol. The van der Waals surface area contributed by atoms with Gasteiger partial charge in [0.1, 0.15) is 0 Å². The van der Waals surface area contributed by atoms with Crippen molar-refractivity contribution in [3.8, 4) is 11.3 Å². The molecule has 4 nitrogen and oxygen atoms in total. The number of rotatable bonds is 5. The zero-order chi connectivity index (χ0) is 18.6. The van der Waals surface area contributed by atoms with Gasteiger partial charge in [0.2, 0.25) is 0 Å². The number of benzene rings is 1. The SMILES string of the molecule is Cn1cc(CN2CCC(CO)CC2)c(-c2ccc(C3CCCCC3)cc2)n1. The standard InChI is InChI=1S/C23H33N3O/c1-25-15-22(16-26-13-11-18(17-27)12-14-26)23(24-25)21-9-7-20(8-10-21)19-5-3-2-4-6-19/h7-10,15,18-19,27H,2-6,11-14,16-17H2,1H3. The molecule has 1 N–H and O–H groups in total. The molecule has 1 saturated heterocycles. The number of aryl methyl sites for hydroxylation is 1. The van der Waals surface area contributed by atoms with E-state index in [-0.39, 0.29) is 0 Å². The Kier molecular flexibility index (Phi) is 5.94. The molecule has 1 aliphatic heterocycles. The first-order chi connectivity index (χ1) is 13.2. The Labute approximate surface area is 163 Å². The van der Waals surface area contributed by atoms with E-state index in [0.717, 1.165) is 44.1 Å². The van der Waals surface area contributed by atoms with Crippen LogP contribution in [-0.2, 0) is 13.6 Å². The summed E-state index contributed by atoms with van der Waals surface area (Å²) in [5.41, 5.74) is 5.17. The van der Waals surface area contributed by atoms with Gasteiger partial charge in [0.15, 0.2) is 0 Å². The quantitative estimate of drug-likeness (QED) is 0.855. The van der Waals surface area contributed by atoms with Crippen molar-refractivity contribution in [3.63, 3.8) is 0 Å². The van der Waals surface area contributed by atoms with E-state index in [9.17, 15) is 5.11 Å². The molecule has 2 aromatic rings. The molecule has 2 aliphatic rings. The zero-order valence-electron chi connectivity index (χ0n) is 16.6. The van der Waals surface area contributed by atoms with Gasteiger partial charge in [-0.3, -0.25) is 9.58 Å². The summed E-state index contributed by atoms with van der Waals surface area (Å²) in [5, 5.41) is 14.1. The summed E-state index contributed by atoms with van der Waals surface area (Å²) >= 11 is 0. The minimum absolute atomic E-state index is 0.333. The van der Waals surface area contributed by atoms with Crippen molar-refractivity contribution >= 4 is 0 Å². The number of hydrogen-bond donors (Lipinski definition) is 1. The molecule has 2 heterocycles. The lowest BCUT2D eigenvalue weighted by molar-refractivity contribution is 0.127. The molecule has 1 aromatic carbocycles. The molecule has 0 bridgehead atoms. The van der Waals surface area contributed by atoms with Gasteiger partial charge in [-0.1, -0.05) is 43.5 Å². The van der Waals surface area contributed by atoms with Crippen LogP contribution < -0.4 is 0 Å². The first kappa shape index (κ1) is 18.7. The maximum atomic E-state index is 9.35. The van der Waals surface area contributed by atoms with E-state index in [1.807, 2.05) is 11.7 Å². The summed E-state index contributed by atoms with van der Waals surface area (Å²) in [4.78, 5) is 2.50. The van der Waals surface area contributed by atoms with Gasteiger partial charge in [-0.25, -0.2) is 0 Å². The number of aliphatic hydroxyl groups excluding tert-OH is 1. The van der Waals surface area contributed by atoms with Crippen LogP contribution in [0, 0.1) is 5.92 Å². The van der Waals surface area contributed by atoms with Crippen LogP contribution in [0.25, 0.3) is 11.3 Å². The van der Waals surface area contributed by atoms with Gasteiger partial charge in [0, 0.05) is 37.5 Å². The molecule has 0 amide bonds. The van der Waals surface area contributed by atoms with E-state index in [1.54, 1.807) is 0 Å². The lowest BCUT2D eigenvalue weighted by atomic mass is 9.84. The summed E-state index contributed by atoms with van der Waals surface area (Å²) in [6, 6.07) is 9.20. The van der Waals surface area contributed by atoms with Crippen molar-refractivity contribution in [2.75, 3.05) is 19.7 Å². The van der Waals surface area contributed by atoms with E-state index < -0.39 is 0 Å². The van der Waals surface area contributed by atoms with Crippen LogP contribution in [-0.4, -0.2) is 39.5 Å². The van der Waals surface area contributed by atoms with Gasteiger partial charge < -0.3 is 5.11 Å². The molecular weight excluding hydrogens is 334 g/mol. The maximum Gasteiger partial charge on any atom is 0.0968 e. The van der Waals surface area contributed by atoms with Gasteiger partial charge in [-0.15, -0.1) is 0 Å². The summed E-state index contributed by atoms with van der Waals surface area (Å²) in [5.74, 6) is 1.24. The Morgan fingerprint density at radius 2 is 1.70 bits per heavy atom. The van der Waals surface area contributed by atoms with Crippen molar-refractivity contribution in [2.45, 2.75) is 57.4 Å². The third-order valence-electron chi connectivity index (χ3n) is 6.52. The maximum absolute atomic E-state index is 9.35. The Bertz CT molecular complexity index is 723. The van der Waals surface area contributed by atoms with Gasteiger partial charge in [-0.2, -0.15) is 5.10 Å². The van der Waals surface area contributed by atoms with Crippen LogP contribution in [0.5, 0.6) is 0 Å². The predicted octanol–water partition coefficient (Wildman–Crippen LogP) is 4.34. The third kappa shape index (κ3) is 4.44. The third-order valence-corrected chi connectivity index (χ3v) is 6.52. The second kappa shape index (κ2) is 8.57. The van der Waals surface area contributed by atoms with E-state index in [1.165, 1.54) is 48.8 Å². The van der Waals surface area contributed by atoms with Crippen molar-refractivity contribution in [2.24, 2.45) is 13.0 Å². The van der Waals surface area contributed by atoms with Crippen molar-refractivity contribution in [1.82, 2.24) is 14.7 Å². The van der Waals surface area contributed by atoms with Crippen molar-refractivity contribution in [1.29, 1.82) is 0 Å². The second-order valence-electron chi connectivity index (χ2n) is 8.54. The predicted molar refractivity (Wildman–Crippen MR) is 110 cm³/mol. The van der Waals surface area contributed by atoms with E-state index in [4.69, 9.17) is 5.10 Å². The average Bonchev–Trinajstić information content (AvgIpc) is 3.09. The summed E-state index contributed by atoms with van der Waals surface area (Å²) < 4.78 is 1.94. The number of likely N-dealkylation sites (tertiary alicyclic amines) is 1. The topological polar surface area (TPSA) is 41.3 Å². The smallest absolute Gasteiger partial charge is 0.0968 e. The fraction of sp³-hybridized carbons (Fsp3) is 0.609. The fourth-order valence-corrected chi connectivity index (χ4v) is 4.81. The number of aliphatic hydroxyl groups is 1. The molecule has 1 aromatic heterocycles. The number of aromatic nitrogens is 2. The van der Waals surface area contributed by atoms with Crippen molar-refractivity contribution < 1.29 is 5.11 Å². The molecule has 1 saturated carbocycles. The van der Waals surface area contributed by atoms with Crippen LogP contribution in [0.1, 0.15) is 62.0 Å². The van der Waals surface area contributed by atoms with Crippen LogP contribution in [0.3, 0.4) is 0 Å². The zero-order valence-corrected chi connectivity index (χ0v) is 16.6. The molecule has 1 aliphatic carbocycles. The molecule has 2 fully saturated rings. The Hall–Kier alpha value is -1.65. The summed E-state index contributed by atoms with van der Waals surface area (Å²) in [6.45, 7) is 3.42. The number of nitrogens with zero attached hydrogens (tertiary/aromatic N) is 3. The fourth-order valence-electron chi connectivity index (χ4n) is 4.81. The Morgan fingerprint density at radius 3 is 2.37 bits per heavy atom. The largest absolute Gasteiger partial charge is 0.396 e. The molecule has 27 heavy (non-hydrogen) atoms. The van der Waals surface area contributed by atoms with E-state index in [2.05, 4.69) is 35.4 Å². The second-order valence-corrected chi connectivity index (χ2v) is 8.54. The molecule has 0 radical (unpaired) electrons. The lowest BCUT2D eigenvalue weighted by Crippen LogP contribution is -2.34. The minimum atomic E-state index is 0.333. The molecule has 0 unspecified atom stereocenters. The number of piperidine rings is 1. The first-order valence-electron chi connectivity index (χ1n) is 10.7. The van der Waals surface area contributed by atoms with Crippen LogP contribution in [0.4, 0.5) is 0 Å². The van der Waals surface area contributed by atoms with E-state index >= 15 is 0 Å². The first-order valence-corrected chi connectivity index (χ1v) is 10.7. The monoisotopic (exact) mass is 367 g/mol. The highest BCUT2D eigenvalue weighted by Crippen LogP contribution is 2.34. The van der Waals surface area contributed by atoms with E-state index in [0.29, 0.717) is 12.5 Å². The molecular formula is C23H33N3O. The molecule has 4 heteroatoms. The van der Waals surface area contributed by atoms with Crippen LogP contribution in [0.2, 0.25) is 0 Å². The molecule has 146 valence electrons. The summed E-state index contributed by atoms with van der Waals surface area (Å²) in [7, 11) is 2.02. The van der Waals surface area contributed by atoms with Gasteiger partial charge in [0.05, 0.1) is 5.69 Å². The van der Waals surface area contributed by atoms with Gasteiger partial charge >= 0.3 is 0 Å². The highest BCUT2D eigenvalue weighted by molar-refractivity contribution is 5.63. The molecule has 4 rings (SSSR count). The Morgan fingerprint density at radius 1 is 1.00 bits per heavy atom. The van der Waals surface area contributed by atoms with Gasteiger partial charge in [0.25, 0.3) is 0 Å².